The van der Waals surface area contributed by atoms with Crippen molar-refractivity contribution in [3.8, 4) is 0 Å². The number of carbonyl (C=O) groups is 2. The zero-order chi connectivity index (χ0) is 16.3. The maximum atomic E-state index is 12.1. The van der Waals surface area contributed by atoms with E-state index in [1.54, 1.807) is 24.0 Å². The number of carboxylic acids is 1. The molecule has 0 bridgehead atoms. The van der Waals surface area contributed by atoms with Crippen molar-refractivity contribution in [1.29, 1.82) is 0 Å². The minimum Gasteiger partial charge on any atom is -0.481 e. The van der Waals surface area contributed by atoms with Crippen molar-refractivity contribution < 1.29 is 19.6 Å². The lowest BCUT2D eigenvalue weighted by atomic mass is 9.90. The Labute approximate surface area is 127 Å². The summed E-state index contributed by atoms with van der Waals surface area (Å²) in [6, 6.07) is 6.20. The van der Waals surface area contributed by atoms with E-state index < -0.39 is 16.3 Å². The summed E-state index contributed by atoms with van der Waals surface area (Å²) in [5.41, 5.74) is -0.145. The summed E-state index contributed by atoms with van der Waals surface area (Å²) in [7, 11) is 0. The van der Waals surface area contributed by atoms with Gasteiger partial charge in [-0.15, -0.1) is 0 Å². The third-order valence-electron chi connectivity index (χ3n) is 4.09. The van der Waals surface area contributed by atoms with Crippen LogP contribution in [0.3, 0.4) is 0 Å². The molecule has 118 valence electrons. The van der Waals surface area contributed by atoms with Gasteiger partial charge in [0.05, 0.1) is 10.3 Å². The number of carboxylic acid groups (broad SMARTS) is 1. The molecule has 0 aliphatic carbocycles. The molecular formula is C15H18N2O5. The Bertz CT molecular complexity index is 616. The van der Waals surface area contributed by atoms with Crippen LogP contribution in [0.5, 0.6) is 0 Å². The lowest BCUT2D eigenvalue weighted by molar-refractivity contribution is -0.384. The standard InChI is InChI=1S/C15H18N2O5/c1-15(14(19)20)7-8-16(10-15)13(18)6-5-11-3-2-4-12(9-11)17(21)22/h2-4,9H,5-8,10H2,1H3,(H,19,20). The van der Waals surface area contributed by atoms with E-state index >= 15 is 0 Å². The third-order valence-corrected chi connectivity index (χ3v) is 4.09. The molecule has 1 fully saturated rings. The van der Waals surface area contributed by atoms with Crippen molar-refractivity contribution in [2.45, 2.75) is 26.2 Å². The summed E-state index contributed by atoms with van der Waals surface area (Å²) in [6.45, 7) is 2.30. The Morgan fingerprint density at radius 1 is 1.45 bits per heavy atom. The van der Waals surface area contributed by atoms with E-state index in [9.17, 15) is 19.7 Å². The predicted octanol–water partition coefficient (Wildman–Crippen LogP) is 1.85. The highest BCUT2D eigenvalue weighted by Crippen LogP contribution is 2.30. The van der Waals surface area contributed by atoms with Crippen molar-refractivity contribution >= 4 is 17.6 Å². The molecule has 0 aromatic heterocycles. The number of nitro groups is 1. The fraction of sp³-hybridized carbons (Fsp3) is 0.467. The molecule has 22 heavy (non-hydrogen) atoms. The van der Waals surface area contributed by atoms with Gasteiger partial charge in [-0.1, -0.05) is 12.1 Å². The van der Waals surface area contributed by atoms with Gasteiger partial charge in [-0.25, -0.2) is 0 Å². The second kappa shape index (κ2) is 6.13. The van der Waals surface area contributed by atoms with Crippen LogP contribution in [0.2, 0.25) is 0 Å². The molecule has 2 rings (SSSR count). The Hall–Kier alpha value is -2.44. The van der Waals surface area contributed by atoms with Gasteiger partial charge < -0.3 is 10.0 Å². The molecule has 1 saturated heterocycles. The number of likely N-dealkylation sites (tertiary alicyclic amines) is 1. The van der Waals surface area contributed by atoms with Gasteiger partial charge in [0, 0.05) is 31.6 Å². The monoisotopic (exact) mass is 306 g/mol. The van der Waals surface area contributed by atoms with Gasteiger partial charge in [0.15, 0.2) is 0 Å². The second-order valence-corrected chi connectivity index (χ2v) is 5.86. The van der Waals surface area contributed by atoms with Gasteiger partial charge in [0.1, 0.15) is 0 Å². The number of benzene rings is 1. The normalized spacial score (nSPS) is 20.9. The number of hydrogen-bond acceptors (Lipinski definition) is 4. The molecule has 1 atom stereocenters. The maximum Gasteiger partial charge on any atom is 0.311 e. The van der Waals surface area contributed by atoms with Gasteiger partial charge in [-0.3, -0.25) is 19.7 Å². The van der Waals surface area contributed by atoms with Crippen molar-refractivity contribution in [3.05, 3.63) is 39.9 Å². The fourth-order valence-corrected chi connectivity index (χ4v) is 2.58. The second-order valence-electron chi connectivity index (χ2n) is 5.86. The van der Waals surface area contributed by atoms with Crippen LogP contribution in [0.25, 0.3) is 0 Å². The Morgan fingerprint density at radius 2 is 2.18 bits per heavy atom. The highest BCUT2D eigenvalue weighted by atomic mass is 16.6. The average molecular weight is 306 g/mol. The highest BCUT2D eigenvalue weighted by Gasteiger charge is 2.41. The van der Waals surface area contributed by atoms with E-state index in [0.717, 1.165) is 5.56 Å². The Balaban J connectivity index is 1.93. The van der Waals surface area contributed by atoms with Gasteiger partial charge >= 0.3 is 5.97 Å². The third kappa shape index (κ3) is 3.41. The number of amides is 1. The molecule has 7 heteroatoms. The number of non-ortho nitro benzene ring substituents is 1. The van der Waals surface area contributed by atoms with Crippen molar-refractivity contribution in [3.63, 3.8) is 0 Å². The fourth-order valence-electron chi connectivity index (χ4n) is 2.58. The SMILES string of the molecule is CC1(C(=O)O)CCN(C(=O)CCc2cccc([N+](=O)[O-])c2)C1. The van der Waals surface area contributed by atoms with E-state index in [1.807, 2.05) is 0 Å². The van der Waals surface area contributed by atoms with Crippen LogP contribution in [0.15, 0.2) is 24.3 Å². The molecule has 1 N–H and O–H groups in total. The summed E-state index contributed by atoms with van der Waals surface area (Å²) in [5, 5.41) is 19.9. The van der Waals surface area contributed by atoms with Gasteiger partial charge in [-0.2, -0.15) is 0 Å². The quantitative estimate of drug-likeness (QED) is 0.661. The number of nitro benzene ring substituents is 1. The average Bonchev–Trinajstić information content (AvgIpc) is 2.89. The topological polar surface area (TPSA) is 101 Å². The Morgan fingerprint density at radius 3 is 2.77 bits per heavy atom. The summed E-state index contributed by atoms with van der Waals surface area (Å²) < 4.78 is 0. The smallest absolute Gasteiger partial charge is 0.311 e. The molecule has 1 aliphatic heterocycles. The van der Waals surface area contributed by atoms with Crippen LogP contribution >= 0.6 is 0 Å². The number of aryl methyl sites for hydroxylation is 1. The van der Waals surface area contributed by atoms with E-state index in [1.165, 1.54) is 12.1 Å². The Kier molecular flexibility index (Phi) is 4.44. The molecule has 1 heterocycles. The molecule has 0 saturated carbocycles. The molecule has 1 amide bonds. The number of carbonyl (C=O) groups excluding carboxylic acids is 1. The molecule has 1 aliphatic rings. The van der Waals surface area contributed by atoms with Crippen molar-refractivity contribution in [2.24, 2.45) is 5.41 Å². The molecule has 7 nitrogen and oxygen atoms in total. The summed E-state index contributed by atoms with van der Waals surface area (Å²) in [6.07, 6.45) is 1.07. The summed E-state index contributed by atoms with van der Waals surface area (Å²) in [5.74, 6) is -1.00. The van der Waals surface area contributed by atoms with E-state index in [0.29, 0.717) is 19.4 Å². The minimum atomic E-state index is -0.888. The number of aliphatic carboxylic acids is 1. The van der Waals surface area contributed by atoms with Gasteiger partial charge in [0.2, 0.25) is 5.91 Å². The zero-order valence-electron chi connectivity index (χ0n) is 12.3. The zero-order valence-corrected chi connectivity index (χ0v) is 12.3. The molecule has 1 aromatic rings. The number of nitrogens with zero attached hydrogens (tertiary/aromatic N) is 2. The summed E-state index contributed by atoms with van der Waals surface area (Å²) >= 11 is 0. The lowest BCUT2D eigenvalue weighted by Gasteiger charge is -2.20. The largest absolute Gasteiger partial charge is 0.481 e. The van der Waals surface area contributed by atoms with Gasteiger partial charge in [-0.05, 0) is 25.3 Å². The lowest BCUT2D eigenvalue weighted by Crippen LogP contribution is -2.34. The molecular weight excluding hydrogens is 288 g/mol. The first-order chi connectivity index (χ1) is 10.3. The summed E-state index contributed by atoms with van der Waals surface area (Å²) in [4.78, 5) is 35.1. The molecule has 1 unspecified atom stereocenters. The van der Waals surface area contributed by atoms with Crippen LogP contribution in [-0.2, 0) is 16.0 Å². The van der Waals surface area contributed by atoms with E-state index in [2.05, 4.69) is 0 Å². The molecule has 0 radical (unpaired) electrons. The predicted molar refractivity (Wildman–Crippen MR) is 78.4 cm³/mol. The van der Waals surface area contributed by atoms with Gasteiger partial charge in [0.25, 0.3) is 5.69 Å². The number of hydrogen-bond donors (Lipinski definition) is 1. The minimum absolute atomic E-state index is 0.00424. The molecule has 0 spiro atoms. The van der Waals surface area contributed by atoms with E-state index in [4.69, 9.17) is 5.11 Å². The first-order valence-corrected chi connectivity index (χ1v) is 7.06. The van der Waals surface area contributed by atoms with Crippen LogP contribution in [0.1, 0.15) is 25.3 Å². The highest BCUT2D eigenvalue weighted by molar-refractivity contribution is 5.80. The maximum absolute atomic E-state index is 12.1. The van der Waals surface area contributed by atoms with Crippen molar-refractivity contribution in [2.75, 3.05) is 13.1 Å². The van der Waals surface area contributed by atoms with E-state index in [-0.39, 0.29) is 24.6 Å². The first kappa shape index (κ1) is 15.9. The van der Waals surface area contributed by atoms with Crippen LogP contribution < -0.4 is 0 Å². The first-order valence-electron chi connectivity index (χ1n) is 7.06. The van der Waals surface area contributed by atoms with Crippen LogP contribution in [0, 0.1) is 15.5 Å². The van der Waals surface area contributed by atoms with Crippen molar-refractivity contribution in [1.82, 2.24) is 4.90 Å². The van der Waals surface area contributed by atoms with Crippen LogP contribution in [0.4, 0.5) is 5.69 Å². The van der Waals surface area contributed by atoms with Crippen LogP contribution in [-0.4, -0.2) is 39.9 Å². The number of rotatable bonds is 5. The molecule has 1 aromatic carbocycles.